The van der Waals surface area contributed by atoms with Crippen molar-refractivity contribution < 1.29 is 8.78 Å². The fraction of sp³-hybridized carbons (Fsp3) is 0.312. The Kier molecular flexibility index (Phi) is 3.84. The number of benzene rings is 1. The van der Waals surface area contributed by atoms with Crippen LogP contribution in [0, 0.1) is 11.6 Å². The number of halogens is 2. The van der Waals surface area contributed by atoms with E-state index in [0.29, 0.717) is 12.1 Å². The lowest BCUT2D eigenvalue weighted by Gasteiger charge is -2.26. The Labute approximate surface area is 121 Å². The Balaban J connectivity index is 1.74. The first-order chi connectivity index (χ1) is 10.1. The molecule has 110 valence electrons. The number of aryl methyl sites for hydroxylation is 1. The fourth-order valence-electron chi connectivity index (χ4n) is 2.80. The maximum absolute atomic E-state index is 13.2. The van der Waals surface area contributed by atoms with Crippen molar-refractivity contribution in [2.45, 2.75) is 31.8 Å². The lowest BCUT2D eigenvalue weighted by Crippen LogP contribution is -2.27. The van der Waals surface area contributed by atoms with Crippen LogP contribution >= 0.6 is 0 Å². The average Bonchev–Trinajstić information content (AvgIpc) is 2.48. The van der Waals surface area contributed by atoms with E-state index in [-0.39, 0.29) is 11.6 Å². The van der Waals surface area contributed by atoms with Crippen LogP contribution in [0.15, 0.2) is 35.1 Å². The number of pyridine rings is 1. The summed E-state index contributed by atoms with van der Waals surface area (Å²) < 4.78 is 26.1. The molecule has 0 amide bonds. The molecular weight excluding hydrogens is 274 g/mol. The van der Waals surface area contributed by atoms with Crippen molar-refractivity contribution in [3.8, 4) is 0 Å². The molecule has 1 unspecified atom stereocenters. The van der Waals surface area contributed by atoms with E-state index < -0.39 is 11.6 Å². The molecule has 1 aliphatic carbocycles. The summed E-state index contributed by atoms with van der Waals surface area (Å²) in [5.74, 6) is -1.66. The van der Waals surface area contributed by atoms with Crippen LogP contribution in [-0.2, 0) is 13.0 Å². The summed E-state index contributed by atoms with van der Waals surface area (Å²) in [4.78, 5) is 14.2. The lowest BCUT2D eigenvalue weighted by molar-refractivity contribution is 0.451. The van der Waals surface area contributed by atoms with E-state index in [0.717, 1.165) is 36.6 Å². The molecule has 1 heterocycles. The van der Waals surface area contributed by atoms with Crippen LogP contribution in [-0.4, -0.2) is 4.98 Å². The molecule has 0 fully saturated rings. The zero-order valence-corrected chi connectivity index (χ0v) is 11.5. The monoisotopic (exact) mass is 290 g/mol. The molecule has 0 bridgehead atoms. The zero-order chi connectivity index (χ0) is 14.8. The summed E-state index contributed by atoms with van der Waals surface area (Å²) in [7, 11) is 0. The van der Waals surface area contributed by atoms with Gasteiger partial charge in [0.15, 0.2) is 11.6 Å². The van der Waals surface area contributed by atoms with E-state index in [9.17, 15) is 13.6 Å². The number of H-pyrrole nitrogens is 1. The molecule has 3 nitrogen and oxygen atoms in total. The molecule has 1 atom stereocenters. The number of hydrogen-bond donors (Lipinski definition) is 2. The molecule has 0 spiro atoms. The molecule has 0 aliphatic heterocycles. The Morgan fingerprint density at radius 2 is 2.05 bits per heavy atom. The maximum Gasteiger partial charge on any atom is 0.248 e. The molecule has 1 aliphatic rings. The van der Waals surface area contributed by atoms with Crippen molar-refractivity contribution in [1.82, 2.24) is 10.3 Å². The van der Waals surface area contributed by atoms with Gasteiger partial charge >= 0.3 is 0 Å². The van der Waals surface area contributed by atoms with Gasteiger partial charge in [0.1, 0.15) is 0 Å². The maximum atomic E-state index is 13.2. The van der Waals surface area contributed by atoms with Gasteiger partial charge in [0.25, 0.3) is 0 Å². The first-order valence-electron chi connectivity index (χ1n) is 7.03. The summed E-state index contributed by atoms with van der Waals surface area (Å²) >= 11 is 0. The van der Waals surface area contributed by atoms with Crippen molar-refractivity contribution in [2.75, 3.05) is 0 Å². The van der Waals surface area contributed by atoms with Crippen molar-refractivity contribution in [3.05, 3.63) is 69.1 Å². The minimum absolute atomic E-state index is 0.0880. The van der Waals surface area contributed by atoms with Crippen molar-refractivity contribution in [3.63, 3.8) is 0 Å². The minimum Gasteiger partial charge on any atom is -0.326 e. The first-order valence-corrected chi connectivity index (χ1v) is 7.03. The van der Waals surface area contributed by atoms with Crippen LogP contribution in [0.5, 0.6) is 0 Å². The molecule has 2 aromatic rings. The second-order valence-electron chi connectivity index (χ2n) is 5.33. The third-order valence-electron chi connectivity index (χ3n) is 3.87. The Morgan fingerprint density at radius 3 is 2.86 bits per heavy atom. The molecule has 0 saturated carbocycles. The first kappa shape index (κ1) is 13.9. The smallest absolute Gasteiger partial charge is 0.248 e. The molecule has 1 aromatic heterocycles. The van der Waals surface area contributed by atoms with Crippen LogP contribution in [0.3, 0.4) is 0 Å². The van der Waals surface area contributed by atoms with Gasteiger partial charge in [-0.05, 0) is 42.5 Å². The standard InChI is InChI=1S/C16H16F2N2O/c17-12-6-4-10(8-13(12)18)9-19-14-2-1-3-15-11(14)5-7-16(21)20-15/h4-8,14,19H,1-3,9H2,(H,20,21). The second kappa shape index (κ2) is 5.77. The highest BCUT2D eigenvalue weighted by atomic mass is 19.2. The van der Waals surface area contributed by atoms with Gasteiger partial charge in [0.05, 0.1) is 0 Å². The van der Waals surface area contributed by atoms with Crippen LogP contribution in [0.25, 0.3) is 0 Å². The van der Waals surface area contributed by atoms with Crippen LogP contribution in [0.1, 0.15) is 35.7 Å². The van der Waals surface area contributed by atoms with Crippen LogP contribution < -0.4 is 10.9 Å². The Hall–Kier alpha value is -2.01. The largest absolute Gasteiger partial charge is 0.326 e. The summed E-state index contributed by atoms with van der Waals surface area (Å²) in [6.07, 6.45) is 2.82. The Bertz CT molecular complexity index is 712. The average molecular weight is 290 g/mol. The highest BCUT2D eigenvalue weighted by Gasteiger charge is 2.20. The van der Waals surface area contributed by atoms with Gasteiger partial charge in [0, 0.05) is 24.3 Å². The molecule has 3 rings (SSSR count). The molecule has 1 aromatic carbocycles. The molecule has 0 radical (unpaired) electrons. The summed E-state index contributed by atoms with van der Waals surface area (Å²) in [5, 5.41) is 3.35. The normalized spacial score (nSPS) is 17.5. The van der Waals surface area contributed by atoms with Gasteiger partial charge in [-0.2, -0.15) is 0 Å². The van der Waals surface area contributed by atoms with Crippen molar-refractivity contribution in [2.24, 2.45) is 0 Å². The fourth-order valence-corrected chi connectivity index (χ4v) is 2.80. The van der Waals surface area contributed by atoms with Crippen molar-refractivity contribution in [1.29, 1.82) is 0 Å². The van der Waals surface area contributed by atoms with Gasteiger partial charge < -0.3 is 10.3 Å². The predicted molar refractivity (Wildman–Crippen MR) is 75.9 cm³/mol. The predicted octanol–water partition coefficient (Wildman–Crippen LogP) is 2.82. The van der Waals surface area contributed by atoms with Crippen LogP contribution in [0.4, 0.5) is 8.78 Å². The topological polar surface area (TPSA) is 44.9 Å². The number of rotatable bonds is 3. The molecule has 0 saturated heterocycles. The lowest BCUT2D eigenvalue weighted by atomic mass is 9.91. The van der Waals surface area contributed by atoms with Gasteiger partial charge in [-0.1, -0.05) is 12.1 Å². The third-order valence-corrected chi connectivity index (χ3v) is 3.87. The van der Waals surface area contributed by atoms with Gasteiger partial charge in [-0.3, -0.25) is 4.79 Å². The number of nitrogens with one attached hydrogen (secondary N) is 2. The van der Waals surface area contributed by atoms with Gasteiger partial charge in [-0.15, -0.1) is 0 Å². The second-order valence-corrected chi connectivity index (χ2v) is 5.33. The van der Waals surface area contributed by atoms with Gasteiger partial charge in [-0.25, -0.2) is 8.78 Å². The van der Waals surface area contributed by atoms with Crippen LogP contribution in [0.2, 0.25) is 0 Å². The summed E-state index contributed by atoms with van der Waals surface area (Å²) in [5.41, 5.74) is 2.67. The summed E-state index contributed by atoms with van der Waals surface area (Å²) in [6, 6.07) is 7.41. The van der Waals surface area contributed by atoms with E-state index in [2.05, 4.69) is 10.3 Å². The highest BCUT2D eigenvalue weighted by molar-refractivity contribution is 5.26. The minimum atomic E-state index is -0.834. The molecule has 2 N–H and O–H groups in total. The number of aromatic nitrogens is 1. The van der Waals surface area contributed by atoms with E-state index in [1.807, 2.05) is 6.07 Å². The van der Waals surface area contributed by atoms with E-state index in [4.69, 9.17) is 0 Å². The highest BCUT2D eigenvalue weighted by Crippen LogP contribution is 2.27. The Morgan fingerprint density at radius 1 is 1.19 bits per heavy atom. The number of fused-ring (bicyclic) bond motifs is 1. The molecule has 5 heteroatoms. The quantitative estimate of drug-likeness (QED) is 0.913. The molecular formula is C16H16F2N2O. The van der Waals surface area contributed by atoms with E-state index in [1.165, 1.54) is 12.1 Å². The van der Waals surface area contributed by atoms with Crippen molar-refractivity contribution >= 4 is 0 Å². The number of hydrogen-bond acceptors (Lipinski definition) is 2. The third kappa shape index (κ3) is 3.03. The SMILES string of the molecule is O=c1ccc2c([nH]1)CCCC2NCc1ccc(F)c(F)c1. The zero-order valence-electron chi connectivity index (χ0n) is 11.5. The summed E-state index contributed by atoms with van der Waals surface area (Å²) in [6.45, 7) is 0.459. The molecule has 21 heavy (non-hydrogen) atoms. The van der Waals surface area contributed by atoms with E-state index >= 15 is 0 Å². The van der Waals surface area contributed by atoms with E-state index in [1.54, 1.807) is 6.07 Å². The number of aromatic amines is 1. The van der Waals surface area contributed by atoms with Gasteiger partial charge in [0.2, 0.25) is 5.56 Å².